The van der Waals surface area contributed by atoms with Crippen LogP contribution in [-0.4, -0.2) is 27.6 Å². The molecular formula is C15H28N4. The number of hydrogen-bond donors (Lipinski definition) is 1. The second-order valence-corrected chi connectivity index (χ2v) is 6.10. The highest BCUT2D eigenvalue weighted by atomic mass is 15.4. The van der Waals surface area contributed by atoms with Gasteiger partial charge in [0.05, 0.1) is 11.9 Å². The minimum Gasteiger partial charge on any atom is -0.314 e. The number of aryl methyl sites for hydroxylation is 1. The zero-order valence-electron chi connectivity index (χ0n) is 12.6. The number of nitrogens with zero attached hydrogens (tertiary/aromatic N) is 3. The lowest BCUT2D eigenvalue weighted by molar-refractivity contribution is 0.277. The quantitative estimate of drug-likeness (QED) is 0.859. The Balaban J connectivity index is 2.07. The molecule has 2 rings (SSSR count). The molecule has 0 spiro atoms. The molecule has 108 valence electrons. The van der Waals surface area contributed by atoms with E-state index in [0.717, 1.165) is 25.4 Å². The van der Waals surface area contributed by atoms with E-state index in [-0.39, 0.29) is 0 Å². The third-order valence-corrected chi connectivity index (χ3v) is 4.16. The Hall–Kier alpha value is -0.900. The Morgan fingerprint density at radius 3 is 2.89 bits per heavy atom. The van der Waals surface area contributed by atoms with Crippen molar-refractivity contribution in [2.24, 2.45) is 5.92 Å². The van der Waals surface area contributed by atoms with Crippen LogP contribution in [0.25, 0.3) is 0 Å². The van der Waals surface area contributed by atoms with Gasteiger partial charge in [0.1, 0.15) is 0 Å². The predicted octanol–water partition coefficient (Wildman–Crippen LogP) is 2.96. The van der Waals surface area contributed by atoms with Crippen LogP contribution in [0.15, 0.2) is 6.20 Å². The first-order valence-electron chi connectivity index (χ1n) is 7.84. The summed E-state index contributed by atoms with van der Waals surface area (Å²) in [4.78, 5) is 0. The number of hydrogen-bond acceptors (Lipinski definition) is 3. The third kappa shape index (κ3) is 3.78. The SMILES string of the molecule is CCCn1nncc1C1CCCCC1CNC(C)C. The first-order chi connectivity index (χ1) is 9.22. The van der Waals surface area contributed by atoms with Crippen LogP contribution in [0.1, 0.15) is 64.5 Å². The Bertz CT molecular complexity index is 372. The van der Waals surface area contributed by atoms with Crippen LogP contribution in [0.5, 0.6) is 0 Å². The van der Waals surface area contributed by atoms with Gasteiger partial charge in [0, 0.05) is 18.5 Å². The maximum atomic E-state index is 4.26. The van der Waals surface area contributed by atoms with Gasteiger partial charge in [-0.2, -0.15) is 0 Å². The third-order valence-electron chi connectivity index (χ3n) is 4.16. The van der Waals surface area contributed by atoms with Crippen LogP contribution in [0.4, 0.5) is 0 Å². The van der Waals surface area contributed by atoms with Gasteiger partial charge in [0.15, 0.2) is 0 Å². The van der Waals surface area contributed by atoms with Gasteiger partial charge in [-0.05, 0) is 31.7 Å². The van der Waals surface area contributed by atoms with E-state index in [4.69, 9.17) is 0 Å². The molecule has 4 heteroatoms. The summed E-state index contributed by atoms with van der Waals surface area (Å²) in [6, 6.07) is 0.571. The van der Waals surface area contributed by atoms with Crippen molar-refractivity contribution >= 4 is 0 Å². The number of nitrogens with one attached hydrogen (secondary N) is 1. The summed E-state index contributed by atoms with van der Waals surface area (Å²) >= 11 is 0. The summed E-state index contributed by atoms with van der Waals surface area (Å²) in [6.45, 7) is 8.77. The van der Waals surface area contributed by atoms with Gasteiger partial charge in [-0.25, -0.2) is 4.68 Å². The van der Waals surface area contributed by atoms with Crippen LogP contribution >= 0.6 is 0 Å². The molecule has 1 aromatic rings. The van der Waals surface area contributed by atoms with Crippen LogP contribution in [-0.2, 0) is 6.54 Å². The lowest BCUT2D eigenvalue weighted by Crippen LogP contribution is -2.34. The van der Waals surface area contributed by atoms with E-state index in [1.165, 1.54) is 31.4 Å². The number of aromatic nitrogens is 3. The second-order valence-electron chi connectivity index (χ2n) is 6.10. The molecule has 1 saturated carbocycles. The first kappa shape index (κ1) is 14.5. The van der Waals surface area contributed by atoms with Crippen molar-refractivity contribution in [1.82, 2.24) is 20.3 Å². The van der Waals surface area contributed by atoms with E-state index < -0.39 is 0 Å². The van der Waals surface area contributed by atoms with Crippen molar-refractivity contribution in [3.8, 4) is 0 Å². The summed E-state index contributed by atoms with van der Waals surface area (Å²) in [6.07, 6.45) is 8.46. The van der Waals surface area contributed by atoms with Gasteiger partial charge in [-0.15, -0.1) is 5.10 Å². The fourth-order valence-corrected chi connectivity index (χ4v) is 3.17. The Kier molecular flexibility index (Phi) is 5.37. The molecule has 1 aromatic heterocycles. The fourth-order valence-electron chi connectivity index (χ4n) is 3.17. The summed E-state index contributed by atoms with van der Waals surface area (Å²) in [5.41, 5.74) is 1.36. The molecule has 1 aliphatic rings. The molecule has 1 fully saturated rings. The normalized spacial score (nSPS) is 24.0. The monoisotopic (exact) mass is 264 g/mol. The standard InChI is InChI=1S/C15H28N4/c1-4-9-19-15(11-17-18-19)14-8-6-5-7-13(14)10-16-12(2)3/h11-14,16H,4-10H2,1-3H3. The maximum Gasteiger partial charge on any atom is 0.0728 e. The van der Waals surface area contributed by atoms with E-state index in [1.807, 2.05) is 6.20 Å². The summed E-state index contributed by atoms with van der Waals surface area (Å²) < 4.78 is 2.12. The lowest BCUT2D eigenvalue weighted by atomic mass is 9.77. The first-order valence-corrected chi connectivity index (χ1v) is 7.84. The smallest absolute Gasteiger partial charge is 0.0728 e. The summed E-state index contributed by atoms with van der Waals surface area (Å²) in [7, 11) is 0. The minimum atomic E-state index is 0.571. The van der Waals surface area contributed by atoms with E-state index in [0.29, 0.717) is 12.0 Å². The average Bonchev–Trinajstić information content (AvgIpc) is 2.85. The van der Waals surface area contributed by atoms with E-state index in [9.17, 15) is 0 Å². The molecule has 1 aliphatic carbocycles. The molecule has 0 aromatic carbocycles. The van der Waals surface area contributed by atoms with Crippen molar-refractivity contribution in [2.45, 2.75) is 71.4 Å². The molecule has 1 heterocycles. The van der Waals surface area contributed by atoms with Gasteiger partial charge in [0.25, 0.3) is 0 Å². The van der Waals surface area contributed by atoms with Crippen LogP contribution in [0.3, 0.4) is 0 Å². The minimum absolute atomic E-state index is 0.571. The Morgan fingerprint density at radius 2 is 2.16 bits per heavy atom. The second kappa shape index (κ2) is 7.04. The van der Waals surface area contributed by atoms with E-state index >= 15 is 0 Å². The fraction of sp³-hybridized carbons (Fsp3) is 0.867. The molecule has 4 nitrogen and oxygen atoms in total. The lowest BCUT2D eigenvalue weighted by Gasteiger charge is -2.32. The maximum absolute atomic E-state index is 4.26. The van der Waals surface area contributed by atoms with Gasteiger partial charge in [-0.1, -0.05) is 38.8 Å². The molecule has 2 unspecified atom stereocenters. The van der Waals surface area contributed by atoms with Crippen LogP contribution in [0.2, 0.25) is 0 Å². The van der Waals surface area contributed by atoms with Crippen molar-refractivity contribution in [2.75, 3.05) is 6.54 Å². The van der Waals surface area contributed by atoms with Crippen molar-refractivity contribution < 1.29 is 0 Å². The molecule has 0 radical (unpaired) electrons. The van der Waals surface area contributed by atoms with Crippen LogP contribution in [0, 0.1) is 5.92 Å². The molecule has 0 bridgehead atoms. The molecule has 1 N–H and O–H groups in total. The molecule has 2 atom stereocenters. The molecule has 0 saturated heterocycles. The predicted molar refractivity (Wildman–Crippen MR) is 78.2 cm³/mol. The van der Waals surface area contributed by atoms with Crippen LogP contribution < -0.4 is 5.32 Å². The molecule has 0 amide bonds. The van der Waals surface area contributed by atoms with Gasteiger partial charge < -0.3 is 5.32 Å². The largest absolute Gasteiger partial charge is 0.314 e. The molecular weight excluding hydrogens is 236 g/mol. The molecule has 0 aliphatic heterocycles. The Morgan fingerprint density at radius 1 is 1.37 bits per heavy atom. The van der Waals surface area contributed by atoms with Gasteiger partial charge in [0.2, 0.25) is 0 Å². The van der Waals surface area contributed by atoms with Crippen molar-refractivity contribution in [3.05, 3.63) is 11.9 Å². The highest BCUT2D eigenvalue weighted by Crippen LogP contribution is 2.37. The van der Waals surface area contributed by atoms with E-state index in [2.05, 4.69) is 41.1 Å². The topological polar surface area (TPSA) is 42.7 Å². The zero-order chi connectivity index (χ0) is 13.7. The highest BCUT2D eigenvalue weighted by Gasteiger charge is 2.29. The number of rotatable bonds is 6. The molecule has 19 heavy (non-hydrogen) atoms. The zero-order valence-corrected chi connectivity index (χ0v) is 12.6. The van der Waals surface area contributed by atoms with Crippen molar-refractivity contribution in [3.63, 3.8) is 0 Å². The van der Waals surface area contributed by atoms with E-state index in [1.54, 1.807) is 0 Å². The van der Waals surface area contributed by atoms with Crippen molar-refractivity contribution in [1.29, 1.82) is 0 Å². The summed E-state index contributed by atoms with van der Waals surface area (Å²) in [5, 5.41) is 12.0. The Labute approximate surface area is 117 Å². The van der Waals surface area contributed by atoms with Gasteiger partial charge in [-0.3, -0.25) is 0 Å². The average molecular weight is 264 g/mol. The van der Waals surface area contributed by atoms with Gasteiger partial charge >= 0.3 is 0 Å². The highest BCUT2D eigenvalue weighted by molar-refractivity contribution is 5.07. The summed E-state index contributed by atoms with van der Waals surface area (Å²) in [5.74, 6) is 1.38.